The fourth-order valence-electron chi connectivity index (χ4n) is 4.65. The molecule has 4 N–H and O–H groups in total. The van der Waals surface area contributed by atoms with Crippen molar-refractivity contribution in [3.63, 3.8) is 0 Å². The first-order valence-corrected chi connectivity index (χ1v) is 12.1. The molecule has 4 nitrogen and oxygen atoms in total. The van der Waals surface area contributed by atoms with Crippen LogP contribution in [-0.2, 0) is 25.7 Å². The average Bonchev–Trinajstić information content (AvgIpc) is 3.50. The highest BCUT2D eigenvalue weighted by Gasteiger charge is 2.21. The lowest BCUT2D eigenvalue weighted by Crippen LogP contribution is -1.97. The zero-order chi connectivity index (χ0) is 22.7. The van der Waals surface area contributed by atoms with Gasteiger partial charge in [0.2, 0.25) is 0 Å². The number of fused-ring (bicyclic) bond motifs is 3. The van der Waals surface area contributed by atoms with Crippen LogP contribution in [-0.4, -0.2) is 11.6 Å². The summed E-state index contributed by atoms with van der Waals surface area (Å²) in [6.07, 6.45) is 6.81. The Morgan fingerprint density at radius 3 is 1.78 bits per heavy atom. The topological polar surface area (TPSA) is 86.2 Å². The molecule has 0 aliphatic heterocycles. The van der Waals surface area contributed by atoms with E-state index in [1.807, 2.05) is 42.5 Å². The maximum Gasteiger partial charge on any atom is 0.165 e. The number of ketones is 2. The van der Waals surface area contributed by atoms with Crippen molar-refractivity contribution in [1.29, 1.82) is 0 Å². The Balaban J connectivity index is 0.000000115. The second kappa shape index (κ2) is 9.86. The van der Waals surface area contributed by atoms with E-state index in [9.17, 15) is 9.59 Å². The van der Waals surface area contributed by atoms with Crippen molar-refractivity contribution in [2.75, 3.05) is 11.5 Å². The third kappa shape index (κ3) is 4.72. The number of rotatable bonds is 0. The number of nitrogen functional groups attached to an aromatic ring is 2. The minimum absolute atomic E-state index is 0.193. The van der Waals surface area contributed by atoms with E-state index in [0.29, 0.717) is 24.3 Å². The second-order valence-electron chi connectivity index (χ2n) is 8.34. The molecule has 0 bridgehead atoms. The maximum atomic E-state index is 11.3. The van der Waals surface area contributed by atoms with E-state index in [0.717, 1.165) is 38.8 Å². The Bertz CT molecular complexity index is 1120. The third-order valence-electron chi connectivity index (χ3n) is 6.27. The molecule has 0 radical (unpaired) electrons. The van der Waals surface area contributed by atoms with Crippen molar-refractivity contribution in [3.8, 4) is 0 Å². The van der Waals surface area contributed by atoms with Crippen LogP contribution in [0.4, 0.5) is 11.4 Å². The summed E-state index contributed by atoms with van der Waals surface area (Å²) in [7, 11) is 0. The highest BCUT2D eigenvalue weighted by atomic mass is 127. The van der Waals surface area contributed by atoms with Crippen LogP contribution in [0.1, 0.15) is 62.2 Å². The van der Waals surface area contributed by atoms with Gasteiger partial charge >= 0.3 is 0 Å². The van der Waals surface area contributed by atoms with Gasteiger partial charge in [0.25, 0.3) is 0 Å². The van der Waals surface area contributed by atoms with Crippen LogP contribution in [0.5, 0.6) is 0 Å². The van der Waals surface area contributed by atoms with Gasteiger partial charge in [-0.1, -0.05) is 36.4 Å². The second-order valence-corrected chi connectivity index (χ2v) is 9.50. The number of hydrogen-bond acceptors (Lipinski definition) is 4. The van der Waals surface area contributed by atoms with Crippen LogP contribution in [0.2, 0.25) is 0 Å². The van der Waals surface area contributed by atoms with Gasteiger partial charge in [-0.2, -0.15) is 0 Å². The van der Waals surface area contributed by atoms with Crippen LogP contribution < -0.4 is 11.5 Å². The van der Waals surface area contributed by atoms with Gasteiger partial charge in [0.05, 0.1) is 0 Å². The molecule has 3 aromatic carbocycles. The summed E-state index contributed by atoms with van der Waals surface area (Å²) in [5.74, 6) is 0.503. The monoisotopic (exact) mass is 538 g/mol. The normalized spacial score (nSPS) is 15.2. The summed E-state index contributed by atoms with van der Waals surface area (Å²) in [5.41, 5.74) is 19.9. The number of benzene rings is 3. The number of carbonyl (C=O) groups excluding carboxylic acids is 2. The molecule has 5 heteroatoms. The maximum absolute atomic E-state index is 11.3. The minimum atomic E-state index is 0.193. The average molecular weight is 538 g/mol. The lowest BCUT2D eigenvalue weighted by Gasteiger charge is -2.00. The zero-order valence-corrected chi connectivity index (χ0v) is 20.2. The van der Waals surface area contributed by atoms with Crippen LogP contribution in [0.3, 0.4) is 0 Å². The van der Waals surface area contributed by atoms with Gasteiger partial charge in [-0.3, -0.25) is 9.59 Å². The number of Topliss-reactive ketones (excluding diaryl/α,β-unsaturated/α-hetero) is 2. The number of nitrogens with two attached hydrogens (primary N) is 2. The summed E-state index contributed by atoms with van der Waals surface area (Å²) in [4.78, 5) is 22.5. The molecule has 0 fully saturated rings. The van der Waals surface area contributed by atoms with Gasteiger partial charge in [-0.15, -0.1) is 0 Å². The molecular weight excluding hydrogens is 511 g/mol. The standard InChI is InChI=1S/C9H7IO.C9H9NO.C9H11N/c2*10-7-3-1-2-6-4-5-8(11)9(6)7;10-9-6-2-4-7-3-1-5-8(7)9/h1-3H,4-5H2;1-3H,4-5,10H2;2,4,6H,1,3,5,10H2. The quantitative estimate of drug-likeness (QED) is 0.289. The van der Waals surface area contributed by atoms with Gasteiger partial charge < -0.3 is 11.5 Å². The van der Waals surface area contributed by atoms with Gasteiger partial charge in [-0.05, 0) is 95.1 Å². The lowest BCUT2D eigenvalue weighted by atomic mass is 10.1. The lowest BCUT2D eigenvalue weighted by molar-refractivity contribution is 0.0986. The first-order valence-electron chi connectivity index (χ1n) is 11.0. The first-order chi connectivity index (χ1) is 15.5. The summed E-state index contributed by atoms with van der Waals surface area (Å²) in [5, 5.41) is 0. The predicted octanol–water partition coefficient (Wildman–Crippen LogP) is 5.58. The molecule has 3 aliphatic rings. The number of hydrogen-bond donors (Lipinski definition) is 2. The van der Waals surface area contributed by atoms with Gasteiger partial charge in [0, 0.05) is 38.9 Å². The third-order valence-corrected chi connectivity index (χ3v) is 7.16. The molecule has 0 amide bonds. The van der Waals surface area contributed by atoms with Crippen LogP contribution in [0, 0.1) is 3.57 Å². The van der Waals surface area contributed by atoms with E-state index in [1.165, 1.54) is 36.0 Å². The van der Waals surface area contributed by atoms with Crippen molar-refractivity contribution in [3.05, 3.63) is 91.5 Å². The molecule has 0 heterocycles. The van der Waals surface area contributed by atoms with Crippen LogP contribution >= 0.6 is 22.6 Å². The predicted molar refractivity (Wildman–Crippen MR) is 138 cm³/mol. The summed E-state index contributed by atoms with van der Waals surface area (Å²) >= 11 is 2.22. The van der Waals surface area contributed by atoms with Gasteiger partial charge in [0.15, 0.2) is 11.6 Å². The Hall–Kier alpha value is -2.67. The Morgan fingerprint density at radius 1 is 0.594 bits per heavy atom. The molecule has 164 valence electrons. The van der Waals surface area contributed by atoms with E-state index >= 15 is 0 Å². The highest BCUT2D eigenvalue weighted by Crippen LogP contribution is 2.27. The Morgan fingerprint density at radius 2 is 1.16 bits per heavy atom. The zero-order valence-electron chi connectivity index (χ0n) is 18.0. The first kappa shape index (κ1) is 22.5. The Kier molecular flexibility index (Phi) is 6.94. The molecule has 0 spiro atoms. The van der Waals surface area contributed by atoms with E-state index < -0.39 is 0 Å². The van der Waals surface area contributed by atoms with E-state index in [4.69, 9.17) is 11.5 Å². The summed E-state index contributed by atoms with van der Waals surface area (Å²) in [6.45, 7) is 0. The summed E-state index contributed by atoms with van der Waals surface area (Å²) < 4.78 is 1.10. The number of anilines is 2. The van der Waals surface area contributed by atoms with Crippen molar-refractivity contribution in [2.45, 2.75) is 44.9 Å². The van der Waals surface area contributed by atoms with Crippen molar-refractivity contribution in [1.82, 2.24) is 0 Å². The molecule has 3 aliphatic carbocycles. The molecule has 0 aromatic heterocycles. The Labute approximate surface area is 202 Å². The van der Waals surface area contributed by atoms with Crippen LogP contribution in [0.25, 0.3) is 0 Å². The minimum Gasteiger partial charge on any atom is -0.398 e. The van der Waals surface area contributed by atoms with E-state index in [1.54, 1.807) is 6.07 Å². The molecular formula is C27H27IN2O2. The van der Waals surface area contributed by atoms with Crippen molar-refractivity contribution < 1.29 is 9.59 Å². The number of carbonyl (C=O) groups is 2. The van der Waals surface area contributed by atoms with Gasteiger partial charge in [-0.25, -0.2) is 0 Å². The fraction of sp³-hybridized carbons (Fsp3) is 0.259. The smallest absolute Gasteiger partial charge is 0.165 e. The summed E-state index contributed by atoms with van der Waals surface area (Å²) in [6, 6.07) is 17.9. The van der Waals surface area contributed by atoms with Crippen molar-refractivity contribution in [2.24, 2.45) is 0 Å². The highest BCUT2D eigenvalue weighted by molar-refractivity contribution is 14.1. The molecule has 0 saturated heterocycles. The van der Waals surface area contributed by atoms with Crippen LogP contribution in [0.15, 0.2) is 54.6 Å². The largest absolute Gasteiger partial charge is 0.398 e. The number of aryl methyl sites for hydroxylation is 3. The molecule has 3 aromatic rings. The fourth-order valence-corrected chi connectivity index (χ4v) is 5.51. The molecule has 0 unspecified atom stereocenters. The molecule has 0 saturated carbocycles. The van der Waals surface area contributed by atoms with E-state index in [-0.39, 0.29) is 5.78 Å². The van der Waals surface area contributed by atoms with E-state index in [2.05, 4.69) is 28.7 Å². The number of halogens is 1. The molecule has 0 atom stereocenters. The van der Waals surface area contributed by atoms with Crippen molar-refractivity contribution >= 4 is 45.5 Å². The molecule has 6 rings (SSSR count). The molecule has 32 heavy (non-hydrogen) atoms. The SMILES string of the molecule is Nc1cccc2c1C(=O)CC2.Nc1cccc2c1CCC2.O=C1CCc2cccc(I)c21. The van der Waals surface area contributed by atoms with Gasteiger partial charge in [0.1, 0.15) is 0 Å².